The molecule has 3 N–H and O–H groups in total. The number of nitrogens with one attached hydrogen (secondary N) is 1. The van der Waals surface area contributed by atoms with E-state index >= 15 is 0 Å². The molecule has 1 aliphatic heterocycles. The van der Waals surface area contributed by atoms with Crippen LogP contribution >= 0.6 is 0 Å². The van der Waals surface area contributed by atoms with Gasteiger partial charge in [-0.15, -0.1) is 5.06 Å². The van der Waals surface area contributed by atoms with E-state index in [-0.39, 0.29) is 50.0 Å². The van der Waals surface area contributed by atoms with Crippen molar-refractivity contribution in [2.45, 2.75) is 52.5 Å². The number of ether oxygens (including phenoxy) is 2. The Morgan fingerprint density at radius 3 is 2.30 bits per heavy atom. The van der Waals surface area contributed by atoms with Gasteiger partial charge in [-0.1, -0.05) is 38.1 Å². The van der Waals surface area contributed by atoms with E-state index < -0.39 is 29.9 Å². The number of aryl methyl sites for hydroxylation is 1. The Kier molecular flexibility index (Phi) is 10.5. The highest BCUT2D eigenvalue weighted by molar-refractivity contribution is 6.03. The smallest absolute Gasteiger partial charge is 0.340 e. The molecule has 0 unspecified atom stereocenters. The SMILES string of the molecule is CC.COCCOc1nc(N)c2[nH]c(=O)n(Cc3ccc(CCC(=O)CC(=O)ON4C(=O)CCC4=O)cc3)c2n1. The highest BCUT2D eigenvalue weighted by Gasteiger charge is 2.33. The molecule has 14 nitrogen and oxygen atoms in total. The predicted molar refractivity (Wildman–Crippen MR) is 142 cm³/mol. The first kappa shape index (κ1) is 30.0. The number of imidazole rings is 1. The van der Waals surface area contributed by atoms with E-state index in [9.17, 15) is 24.0 Å². The van der Waals surface area contributed by atoms with Crippen molar-refractivity contribution in [2.75, 3.05) is 26.1 Å². The number of methoxy groups -OCH3 is 1. The fourth-order valence-electron chi connectivity index (χ4n) is 3.78. The van der Waals surface area contributed by atoms with Crippen LogP contribution in [0.15, 0.2) is 29.1 Å². The van der Waals surface area contributed by atoms with Gasteiger partial charge in [-0.25, -0.2) is 9.59 Å². The minimum atomic E-state index is -0.949. The number of ketones is 1. The molecule has 0 atom stereocenters. The fourth-order valence-corrected chi connectivity index (χ4v) is 3.78. The molecule has 2 amide bonds. The fraction of sp³-hybridized carbons (Fsp3) is 0.423. The zero-order chi connectivity index (χ0) is 29.2. The molecule has 0 aliphatic carbocycles. The number of nitrogens with two attached hydrogens (primary N) is 1. The molecule has 0 spiro atoms. The summed E-state index contributed by atoms with van der Waals surface area (Å²) in [6.45, 7) is 4.76. The molecule has 2 aromatic heterocycles. The number of anilines is 1. The number of nitrogen functional groups attached to an aromatic ring is 1. The molecule has 214 valence electrons. The third-order valence-electron chi connectivity index (χ3n) is 5.75. The highest BCUT2D eigenvalue weighted by atomic mass is 16.7. The number of rotatable bonds is 12. The Balaban J connectivity index is 0.00000216. The first-order valence-electron chi connectivity index (χ1n) is 12.8. The van der Waals surface area contributed by atoms with Crippen molar-refractivity contribution in [1.82, 2.24) is 24.6 Å². The average molecular weight is 557 g/mol. The van der Waals surface area contributed by atoms with Gasteiger partial charge < -0.3 is 25.0 Å². The number of nitrogens with zero attached hydrogens (tertiary/aromatic N) is 4. The summed E-state index contributed by atoms with van der Waals surface area (Å²) in [6.07, 6.45) is -0.137. The van der Waals surface area contributed by atoms with E-state index in [1.807, 2.05) is 38.1 Å². The third-order valence-corrected chi connectivity index (χ3v) is 5.75. The van der Waals surface area contributed by atoms with Gasteiger partial charge in [0.1, 0.15) is 24.3 Å². The molecule has 14 heteroatoms. The number of carbonyl (C=O) groups is 4. The number of hydrogen-bond acceptors (Lipinski definition) is 11. The van der Waals surface area contributed by atoms with Gasteiger partial charge in [-0.05, 0) is 17.5 Å². The number of carbonyl (C=O) groups excluding carboxylic acids is 4. The molecule has 3 heterocycles. The molecular weight excluding hydrogens is 524 g/mol. The monoisotopic (exact) mass is 556 g/mol. The zero-order valence-electron chi connectivity index (χ0n) is 22.6. The summed E-state index contributed by atoms with van der Waals surface area (Å²) in [6, 6.07) is 7.27. The van der Waals surface area contributed by atoms with Crippen molar-refractivity contribution in [2.24, 2.45) is 0 Å². The Morgan fingerprint density at radius 2 is 1.65 bits per heavy atom. The second-order valence-electron chi connectivity index (χ2n) is 8.52. The van der Waals surface area contributed by atoms with Crippen LogP contribution in [0.2, 0.25) is 0 Å². The summed E-state index contributed by atoms with van der Waals surface area (Å²) in [5.74, 6) is -2.45. The van der Waals surface area contributed by atoms with E-state index in [2.05, 4.69) is 15.0 Å². The van der Waals surface area contributed by atoms with E-state index in [4.69, 9.17) is 20.0 Å². The molecule has 3 aromatic rings. The largest absolute Gasteiger partial charge is 0.461 e. The molecule has 40 heavy (non-hydrogen) atoms. The van der Waals surface area contributed by atoms with Gasteiger partial charge in [-0.3, -0.25) is 19.0 Å². The Morgan fingerprint density at radius 1 is 1.00 bits per heavy atom. The molecule has 0 bridgehead atoms. The van der Waals surface area contributed by atoms with Crippen LogP contribution in [-0.4, -0.2) is 68.5 Å². The second kappa shape index (κ2) is 14.0. The number of Topliss-reactive ketones (excluding diaryl/α,β-unsaturated/α-hetero) is 1. The number of fused-ring (bicyclic) bond motifs is 1. The van der Waals surface area contributed by atoms with Crippen LogP contribution in [0, 0.1) is 0 Å². The van der Waals surface area contributed by atoms with Crippen molar-refractivity contribution >= 4 is 40.5 Å². The Hall–Kier alpha value is -4.59. The number of benzene rings is 1. The molecule has 0 radical (unpaired) electrons. The van der Waals surface area contributed by atoms with Gasteiger partial charge in [0.25, 0.3) is 11.8 Å². The molecular formula is C26H32N6O8. The molecule has 0 saturated carbocycles. The predicted octanol–water partition coefficient (Wildman–Crippen LogP) is 1.30. The van der Waals surface area contributed by atoms with Gasteiger partial charge in [0, 0.05) is 26.4 Å². The summed E-state index contributed by atoms with van der Waals surface area (Å²) >= 11 is 0. The molecule has 1 saturated heterocycles. The number of aromatic nitrogens is 4. The molecule has 1 fully saturated rings. The van der Waals surface area contributed by atoms with Crippen molar-refractivity contribution in [3.8, 4) is 6.01 Å². The number of aromatic amines is 1. The third kappa shape index (κ3) is 7.50. The van der Waals surface area contributed by atoms with Crippen LogP contribution < -0.4 is 16.2 Å². The second-order valence-corrected chi connectivity index (χ2v) is 8.52. The molecule has 4 rings (SSSR count). The van der Waals surface area contributed by atoms with Crippen LogP contribution in [0.3, 0.4) is 0 Å². The maximum Gasteiger partial charge on any atom is 0.340 e. The van der Waals surface area contributed by atoms with E-state index in [0.29, 0.717) is 29.3 Å². The Labute approximate surface area is 229 Å². The van der Waals surface area contributed by atoms with Gasteiger partial charge in [-0.2, -0.15) is 9.97 Å². The van der Waals surface area contributed by atoms with Gasteiger partial charge in [0.05, 0.1) is 13.2 Å². The minimum absolute atomic E-state index is 0.0168. The van der Waals surface area contributed by atoms with E-state index in [1.165, 1.54) is 11.7 Å². The van der Waals surface area contributed by atoms with E-state index in [0.717, 1.165) is 11.1 Å². The standard InChI is InChI=1S/C24H26N6O8.C2H6/c1-36-10-11-37-23-27-21(25)20-22(28-23)29(24(35)26-20)13-15-4-2-14(3-5-15)6-7-16(31)12-19(34)38-30-17(32)8-9-18(30)33;1-2/h2-5H,6-13H2,1H3,(H,26,35)(H2,25,27,28);1-2H3. The van der Waals surface area contributed by atoms with Gasteiger partial charge in [0.15, 0.2) is 11.5 Å². The lowest BCUT2D eigenvalue weighted by molar-refractivity contribution is -0.197. The number of hydroxylamine groups is 2. The topological polar surface area (TPSA) is 189 Å². The van der Waals surface area contributed by atoms with Crippen LogP contribution in [0.25, 0.3) is 11.2 Å². The number of imide groups is 1. The van der Waals surface area contributed by atoms with Crippen molar-refractivity contribution < 1.29 is 33.5 Å². The maximum absolute atomic E-state index is 12.6. The number of hydrogen-bond donors (Lipinski definition) is 2. The van der Waals surface area contributed by atoms with Gasteiger partial charge in [0.2, 0.25) is 0 Å². The minimum Gasteiger partial charge on any atom is -0.461 e. The molecule has 1 aromatic carbocycles. The summed E-state index contributed by atoms with van der Waals surface area (Å²) in [7, 11) is 1.54. The number of H-pyrrole nitrogens is 1. The summed E-state index contributed by atoms with van der Waals surface area (Å²) in [5.41, 5.74) is 7.80. The summed E-state index contributed by atoms with van der Waals surface area (Å²) in [5, 5.41) is 0.420. The van der Waals surface area contributed by atoms with E-state index in [1.54, 1.807) is 0 Å². The summed E-state index contributed by atoms with van der Waals surface area (Å²) < 4.78 is 11.8. The maximum atomic E-state index is 12.6. The van der Waals surface area contributed by atoms with Crippen molar-refractivity contribution in [3.63, 3.8) is 0 Å². The quantitative estimate of drug-likeness (QED) is 0.186. The summed E-state index contributed by atoms with van der Waals surface area (Å²) in [4.78, 5) is 75.3. The lowest BCUT2D eigenvalue weighted by Gasteiger charge is -2.12. The van der Waals surface area contributed by atoms with Crippen LogP contribution in [0.1, 0.15) is 50.7 Å². The van der Waals surface area contributed by atoms with Crippen LogP contribution in [0.4, 0.5) is 5.82 Å². The van der Waals surface area contributed by atoms with Crippen LogP contribution in [0.5, 0.6) is 6.01 Å². The van der Waals surface area contributed by atoms with Gasteiger partial charge >= 0.3 is 17.7 Å². The number of amides is 2. The highest BCUT2D eigenvalue weighted by Crippen LogP contribution is 2.19. The Bertz CT molecular complexity index is 1410. The lowest BCUT2D eigenvalue weighted by Crippen LogP contribution is -2.32. The molecule has 1 aliphatic rings. The van der Waals surface area contributed by atoms with Crippen molar-refractivity contribution in [3.05, 3.63) is 45.9 Å². The first-order chi connectivity index (χ1) is 19.2. The van der Waals surface area contributed by atoms with Crippen LogP contribution in [-0.2, 0) is 41.7 Å². The normalized spacial score (nSPS) is 12.8. The first-order valence-corrected chi connectivity index (χ1v) is 12.8. The zero-order valence-corrected chi connectivity index (χ0v) is 22.6. The average Bonchev–Trinajstić information content (AvgIpc) is 3.43. The lowest BCUT2D eigenvalue weighted by atomic mass is 10.0. The van der Waals surface area contributed by atoms with Crippen molar-refractivity contribution in [1.29, 1.82) is 0 Å².